The molecule has 1 saturated heterocycles. The number of ether oxygens (including phenoxy) is 1. The van der Waals surface area contributed by atoms with Gasteiger partial charge >= 0.3 is 0 Å². The number of amides is 1. The number of rotatable bonds is 4. The van der Waals surface area contributed by atoms with E-state index in [1.807, 2.05) is 60.8 Å². The van der Waals surface area contributed by atoms with Gasteiger partial charge in [0.1, 0.15) is 22.6 Å². The number of para-hydroxylation sites is 1. The molecule has 28 heavy (non-hydrogen) atoms. The van der Waals surface area contributed by atoms with Crippen LogP contribution < -0.4 is 9.64 Å². The van der Waals surface area contributed by atoms with Crippen LogP contribution in [0.1, 0.15) is 11.5 Å². The number of carbonyl (C=O) groups is 1. The molecule has 0 atom stereocenters. The van der Waals surface area contributed by atoms with Crippen LogP contribution in [0.5, 0.6) is 5.75 Å². The van der Waals surface area contributed by atoms with Gasteiger partial charge in [0.05, 0.1) is 5.69 Å². The standard InChI is InChI=1S/C20H24N6O2/c1-14-18-19(24(3)23-14)20(22-15(2)21-18)26-11-9-25(10-12-26)17(27)13-28-16-7-5-4-6-8-16/h4-8H,9-13H2,1-3H3. The van der Waals surface area contributed by atoms with Gasteiger partial charge in [0, 0.05) is 33.2 Å². The predicted molar refractivity (Wildman–Crippen MR) is 107 cm³/mol. The summed E-state index contributed by atoms with van der Waals surface area (Å²) in [5.74, 6) is 2.33. The Hall–Kier alpha value is -3.16. The molecule has 4 rings (SSSR count). The molecule has 1 aromatic carbocycles. The third-order valence-electron chi connectivity index (χ3n) is 4.98. The average molecular weight is 380 g/mol. The molecule has 8 nitrogen and oxygen atoms in total. The highest BCUT2D eigenvalue weighted by Gasteiger charge is 2.25. The lowest BCUT2D eigenvalue weighted by Gasteiger charge is -2.35. The first-order chi connectivity index (χ1) is 13.5. The Morgan fingerprint density at radius 1 is 1.07 bits per heavy atom. The molecule has 3 aromatic rings. The molecule has 146 valence electrons. The number of aromatic nitrogens is 4. The van der Waals surface area contributed by atoms with Gasteiger partial charge in [-0.15, -0.1) is 0 Å². The highest BCUT2D eigenvalue weighted by atomic mass is 16.5. The number of benzene rings is 1. The molecule has 0 unspecified atom stereocenters. The van der Waals surface area contributed by atoms with Crippen LogP contribution in [0.15, 0.2) is 30.3 Å². The van der Waals surface area contributed by atoms with Crippen molar-refractivity contribution >= 4 is 22.8 Å². The summed E-state index contributed by atoms with van der Waals surface area (Å²) in [5.41, 5.74) is 2.73. The smallest absolute Gasteiger partial charge is 0.260 e. The molecule has 2 aromatic heterocycles. The zero-order valence-corrected chi connectivity index (χ0v) is 16.4. The van der Waals surface area contributed by atoms with E-state index in [0.29, 0.717) is 31.9 Å². The fraction of sp³-hybridized carbons (Fsp3) is 0.400. The van der Waals surface area contributed by atoms with Crippen molar-refractivity contribution in [2.24, 2.45) is 7.05 Å². The number of hydrogen-bond acceptors (Lipinski definition) is 6. The molecule has 8 heteroatoms. The Kier molecular flexibility index (Phi) is 4.85. The molecule has 1 aliphatic rings. The zero-order chi connectivity index (χ0) is 19.7. The Bertz CT molecular complexity index is 993. The second kappa shape index (κ2) is 7.46. The van der Waals surface area contributed by atoms with Crippen molar-refractivity contribution in [3.8, 4) is 5.75 Å². The van der Waals surface area contributed by atoms with E-state index in [2.05, 4.69) is 20.0 Å². The topological polar surface area (TPSA) is 76.4 Å². The highest BCUT2D eigenvalue weighted by molar-refractivity contribution is 5.88. The van der Waals surface area contributed by atoms with Gasteiger partial charge in [-0.2, -0.15) is 5.10 Å². The predicted octanol–water partition coefficient (Wildman–Crippen LogP) is 1.71. The molecule has 0 bridgehead atoms. The minimum atomic E-state index is 0.00361. The van der Waals surface area contributed by atoms with E-state index in [0.717, 1.165) is 28.4 Å². The molecule has 1 fully saturated rings. The van der Waals surface area contributed by atoms with Crippen LogP contribution in [-0.4, -0.2) is 63.3 Å². The van der Waals surface area contributed by atoms with Gasteiger partial charge < -0.3 is 14.5 Å². The van der Waals surface area contributed by atoms with E-state index < -0.39 is 0 Å². The third kappa shape index (κ3) is 3.49. The van der Waals surface area contributed by atoms with Gasteiger partial charge in [-0.05, 0) is 26.0 Å². The molecular weight excluding hydrogens is 356 g/mol. The van der Waals surface area contributed by atoms with Gasteiger partial charge in [-0.25, -0.2) is 9.97 Å². The van der Waals surface area contributed by atoms with Gasteiger partial charge in [0.15, 0.2) is 12.4 Å². The molecule has 1 amide bonds. The van der Waals surface area contributed by atoms with Crippen LogP contribution in [0.4, 0.5) is 5.82 Å². The summed E-state index contributed by atoms with van der Waals surface area (Å²) in [5, 5.41) is 4.49. The lowest BCUT2D eigenvalue weighted by atomic mass is 10.2. The highest BCUT2D eigenvalue weighted by Crippen LogP contribution is 2.26. The van der Waals surface area contributed by atoms with Crippen molar-refractivity contribution in [3.63, 3.8) is 0 Å². The molecule has 0 radical (unpaired) electrons. The Labute approximate surface area is 163 Å². The first kappa shape index (κ1) is 18.2. The molecule has 1 aliphatic heterocycles. The average Bonchev–Trinajstić information content (AvgIpc) is 3.00. The number of nitrogens with zero attached hydrogens (tertiary/aromatic N) is 6. The second-order valence-electron chi connectivity index (χ2n) is 6.97. The summed E-state index contributed by atoms with van der Waals surface area (Å²) < 4.78 is 7.43. The van der Waals surface area contributed by atoms with Crippen molar-refractivity contribution in [2.75, 3.05) is 37.7 Å². The quantitative estimate of drug-likeness (QED) is 0.686. The van der Waals surface area contributed by atoms with Crippen LogP contribution in [0.25, 0.3) is 11.0 Å². The Morgan fingerprint density at radius 3 is 2.50 bits per heavy atom. The number of fused-ring (bicyclic) bond motifs is 1. The van der Waals surface area contributed by atoms with E-state index in [1.54, 1.807) is 0 Å². The third-order valence-corrected chi connectivity index (χ3v) is 4.98. The maximum absolute atomic E-state index is 12.5. The molecule has 3 heterocycles. The summed E-state index contributed by atoms with van der Waals surface area (Å²) in [6, 6.07) is 9.41. The number of aryl methyl sites for hydroxylation is 3. The number of piperazine rings is 1. The fourth-order valence-corrected chi connectivity index (χ4v) is 3.57. The van der Waals surface area contributed by atoms with E-state index in [9.17, 15) is 4.79 Å². The zero-order valence-electron chi connectivity index (χ0n) is 16.4. The number of anilines is 1. The minimum absolute atomic E-state index is 0.00361. The van der Waals surface area contributed by atoms with Crippen molar-refractivity contribution in [1.82, 2.24) is 24.6 Å². The molecule has 0 N–H and O–H groups in total. The van der Waals surface area contributed by atoms with Crippen LogP contribution >= 0.6 is 0 Å². The van der Waals surface area contributed by atoms with Gasteiger partial charge in [-0.1, -0.05) is 18.2 Å². The van der Waals surface area contributed by atoms with Gasteiger partial charge in [-0.3, -0.25) is 9.48 Å². The molecule has 0 spiro atoms. The molecule has 0 aliphatic carbocycles. The fourth-order valence-electron chi connectivity index (χ4n) is 3.57. The van der Waals surface area contributed by atoms with E-state index in [1.165, 1.54) is 0 Å². The lowest BCUT2D eigenvalue weighted by molar-refractivity contribution is -0.133. The SMILES string of the molecule is Cc1nc(N2CCN(C(=O)COc3ccccc3)CC2)c2c(n1)c(C)nn2C. The van der Waals surface area contributed by atoms with Crippen molar-refractivity contribution < 1.29 is 9.53 Å². The van der Waals surface area contributed by atoms with Crippen LogP contribution in [0, 0.1) is 13.8 Å². The largest absolute Gasteiger partial charge is 0.484 e. The Balaban J connectivity index is 1.43. The monoisotopic (exact) mass is 380 g/mol. The van der Waals surface area contributed by atoms with Crippen LogP contribution in [-0.2, 0) is 11.8 Å². The van der Waals surface area contributed by atoms with Crippen molar-refractivity contribution in [1.29, 1.82) is 0 Å². The van der Waals surface area contributed by atoms with E-state index in [4.69, 9.17) is 4.74 Å². The summed E-state index contributed by atoms with van der Waals surface area (Å²) in [6.07, 6.45) is 0. The van der Waals surface area contributed by atoms with E-state index in [-0.39, 0.29) is 12.5 Å². The summed E-state index contributed by atoms with van der Waals surface area (Å²) in [6.45, 7) is 6.62. The maximum Gasteiger partial charge on any atom is 0.260 e. The van der Waals surface area contributed by atoms with Crippen LogP contribution in [0.2, 0.25) is 0 Å². The summed E-state index contributed by atoms with van der Waals surface area (Å²) in [7, 11) is 1.91. The van der Waals surface area contributed by atoms with E-state index >= 15 is 0 Å². The van der Waals surface area contributed by atoms with Crippen molar-refractivity contribution in [2.45, 2.75) is 13.8 Å². The molecular formula is C20H24N6O2. The number of carbonyl (C=O) groups excluding carboxylic acids is 1. The first-order valence-corrected chi connectivity index (χ1v) is 9.41. The second-order valence-corrected chi connectivity index (χ2v) is 6.97. The first-order valence-electron chi connectivity index (χ1n) is 9.41. The van der Waals surface area contributed by atoms with Crippen molar-refractivity contribution in [3.05, 3.63) is 41.9 Å². The number of hydrogen-bond donors (Lipinski definition) is 0. The van der Waals surface area contributed by atoms with Gasteiger partial charge in [0.25, 0.3) is 5.91 Å². The molecule has 0 saturated carbocycles. The lowest BCUT2D eigenvalue weighted by Crippen LogP contribution is -2.50. The normalized spacial score (nSPS) is 14.5. The maximum atomic E-state index is 12.5. The van der Waals surface area contributed by atoms with Gasteiger partial charge in [0.2, 0.25) is 0 Å². The minimum Gasteiger partial charge on any atom is -0.484 e. The summed E-state index contributed by atoms with van der Waals surface area (Å²) >= 11 is 0. The Morgan fingerprint density at radius 2 is 1.79 bits per heavy atom. The summed E-state index contributed by atoms with van der Waals surface area (Å²) in [4.78, 5) is 25.8. The van der Waals surface area contributed by atoms with Crippen LogP contribution in [0.3, 0.4) is 0 Å².